The first kappa shape index (κ1) is 18.7. The Morgan fingerprint density at radius 2 is 1.93 bits per heavy atom. The molecular weight excluding hydrogens is 380 g/mol. The maximum atomic E-state index is 13.5. The fraction of sp³-hybridized carbons (Fsp3) is 0.409. The molecule has 2 unspecified atom stereocenters. The normalized spacial score (nSPS) is 21.5. The van der Waals surface area contributed by atoms with Gasteiger partial charge in [0.15, 0.2) is 0 Å². The molecule has 2 aliphatic rings. The molecule has 5 heterocycles. The number of likely N-dealkylation sites (tertiary alicyclic amines) is 2. The molecule has 8 nitrogen and oxygen atoms in total. The van der Waals surface area contributed by atoms with Crippen LogP contribution < -0.4 is 0 Å². The molecule has 2 saturated heterocycles. The molecule has 0 aromatic carbocycles. The van der Waals surface area contributed by atoms with Crippen LogP contribution >= 0.6 is 0 Å². The second-order valence-corrected chi connectivity index (χ2v) is 7.95. The summed E-state index contributed by atoms with van der Waals surface area (Å²) in [6.07, 6.45) is 8.74. The fourth-order valence-electron chi connectivity index (χ4n) is 4.62. The SMILES string of the molecule is O=C(Cc1ccccn1)N1CCCC1C(=O)N1CCCC1c1nc2ccncc2[nH]1. The molecule has 3 aromatic heterocycles. The Labute approximate surface area is 174 Å². The topological polar surface area (TPSA) is 95.1 Å². The van der Waals surface area contributed by atoms with Crippen LogP contribution in [-0.2, 0) is 16.0 Å². The Kier molecular flexibility index (Phi) is 4.90. The highest BCUT2D eigenvalue weighted by Gasteiger charge is 2.41. The number of aromatic amines is 1. The van der Waals surface area contributed by atoms with Crippen LogP contribution in [-0.4, -0.2) is 60.7 Å². The lowest BCUT2D eigenvalue weighted by Crippen LogP contribution is -2.48. The summed E-state index contributed by atoms with van der Waals surface area (Å²) in [4.78, 5) is 46.4. The van der Waals surface area contributed by atoms with Crippen LogP contribution in [0.3, 0.4) is 0 Å². The van der Waals surface area contributed by atoms with Gasteiger partial charge in [-0.1, -0.05) is 6.07 Å². The highest BCUT2D eigenvalue weighted by atomic mass is 16.2. The molecule has 0 aliphatic carbocycles. The van der Waals surface area contributed by atoms with Gasteiger partial charge in [0.25, 0.3) is 0 Å². The monoisotopic (exact) mass is 404 g/mol. The van der Waals surface area contributed by atoms with Crippen LogP contribution in [0.4, 0.5) is 0 Å². The summed E-state index contributed by atoms with van der Waals surface area (Å²) in [5.41, 5.74) is 2.46. The molecule has 5 rings (SSSR count). The summed E-state index contributed by atoms with van der Waals surface area (Å²) in [6.45, 7) is 1.31. The van der Waals surface area contributed by atoms with Gasteiger partial charge in [0.05, 0.1) is 29.7 Å². The number of nitrogens with zero attached hydrogens (tertiary/aromatic N) is 5. The first-order chi connectivity index (χ1) is 14.7. The van der Waals surface area contributed by atoms with Crippen LogP contribution in [0.1, 0.15) is 43.2 Å². The quantitative estimate of drug-likeness (QED) is 0.720. The van der Waals surface area contributed by atoms with Crippen molar-refractivity contribution in [2.75, 3.05) is 13.1 Å². The number of amides is 2. The number of carbonyl (C=O) groups excluding carboxylic acids is 2. The molecule has 2 atom stereocenters. The molecule has 154 valence electrons. The van der Waals surface area contributed by atoms with Crippen molar-refractivity contribution in [1.29, 1.82) is 0 Å². The first-order valence-corrected chi connectivity index (χ1v) is 10.5. The van der Waals surface area contributed by atoms with E-state index in [2.05, 4.69) is 19.9 Å². The zero-order valence-electron chi connectivity index (χ0n) is 16.7. The second kappa shape index (κ2) is 7.85. The van der Waals surface area contributed by atoms with Crippen molar-refractivity contribution in [3.63, 3.8) is 0 Å². The van der Waals surface area contributed by atoms with E-state index in [1.165, 1.54) is 0 Å². The van der Waals surface area contributed by atoms with Gasteiger partial charge in [0, 0.05) is 31.2 Å². The molecule has 1 N–H and O–H groups in total. The molecule has 30 heavy (non-hydrogen) atoms. The Morgan fingerprint density at radius 1 is 1.07 bits per heavy atom. The van der Waals surface area contributed by atoms with E-state index in [9.17, 15) is 9.59 Å². The molecule has 2 fully saturated rings. The molecule has 0 saturated carbocycles. The van der Waals surface area contributed by atoms with Gasteiger partial charge in [-0.2, -0.15) is 0 Å². The van der Waals surface area contributed by atoms with Crippen LogP contribution in [0.2, 0.25) is 0 Å². The van der Waals surface area contributed by atoms with Gasteiger partial charge < -0.3 is 14.8 Å². The number of imidazole rings is 1. The zero-order chi connectivity index (χ0) is 20.5. The van der Waals surface area contributed by atoms with Crippen LogP contribution in [0.5, 0.6) is 0 Å². The van der Waals surface area contributed by atoms with Gasteiger partial charge in [-0.15, -0.1) is 0 Å². The first-order valence-electron chi connectivity index (χ1n) is 10.5. The molecular formula is C22H24N6O2. The van der Waals surface area contributed by atoms with E-state index in [1.54, 1.807) is 23.5 Å². The number of aromatic nitrogens is 4. The van der Waals surface area contributed by atoms with E-state index >= 15 is 0 Å². The smallest absolute Gasteiger partial charge is 0.245 e. The average Bonchev–Trinajstić information content (AvgIpc) is 3.52. The van der Waals surface area contributed by atoms with Crippen molar-refractivity contribution in [1.82, 2.24) is 29.7 Å². The van der Waals surface area contributed by atoms with Crippen molar-refractivity contribution in [3.05, 3.63) is 54.4 Å². The van der Waals surface area contributed by atoms with E-state index in [4.69, 9.17) is 0 Å². The molecule has 2 aliphatic heterocycles. The summed E-state index contributed by atoms with van der Waals surface area (Å²) in [5, 5.41) is 0. The molecule has 0 radical (unpaired) electrons. The fourth-order valence-corrected chi connectivity index (χ4v) is 4.62. The maximum Gasteiger partial charge on any atom is 0.245 e. The lowest BCUT2D eigenvalue weighted by Gasteiger charge is -2.30. The number of H-pyrrole nitrogens is 1. The lowest BCUT2D eigenvalue weighted by molar-refractivity contribution is -0.144. The summed E-state index contributed by atoms with van der Waals surface area (Å²) in [5.74, 6) is 0.797. The van der Waals surface area contributed by atoms with Crippen molar-refractivity contribution in [2.24, 2.45) is 0 Å². The number of rotatable bonds is 4. The van der Waals surface area contributed by atoms with Crippen LogP contribution in [0.15, 0.2) is 42.9 Å². The van der Waals surface area contributed by atoms with Crippen LogP contribution in [0.25, 0.3) is 11.0 Å². The molecule has 8 heteroatoms. The van der Waals surface area contributed by atoms with E-state index in [0.29, 0.717) is 19.5 Å². The largest absolute Gasteiger partial charge is 0.339 e. The molecule has 0 bridgehead atoms. The average molecular weight is 404 g/mol. The van der Waals surface area contributed by atoms with Crippen molar-refractivity contribution in [2.45, 2.75) is 44.2 Å². The number of hydrogen-bond acceptors (Lipinski definition) is 5. The van der Waals surface area contributed by atoms with Gasteiger partial charge in [-0.3, -0.25) is 19.6 Å². The Bertz CT molecular complexity index is 1030. The Hall–Kier alpha value is -3.29. The van der Waals surface area contributed by atoms with Gasteiger partial charge in [-0.25, -0.2) is 4.98 Å². The van der Waals surface area contributed by atoms with E-state index in [0.717, 1.165) is 41.8 Å². The predicted molar refractivity (Wildman–Crippen MR) is 110 cm³/mol. The summed E-state index contributed by atoms with van der Waals surface area (Å²) >= 11 is 0. The van der Waals surface area contributed by atoms with Crippen molar-refractivity contribution >= 4 is 22.8 Å². The molecule has 2 amide bonds. The lowest BCUT2D eigenvalue weighted by atomic mass is 10.1. The van der Waals surface area contributed by atoms with Gasteiger partial charge in [0.1, 0.15) is 11.9 Å². The molecule has 3 aromatic rings. The van der Waals surface area contributed by atoms with Gasteiger partial charge in [-0.05, 0) is 43.9 Å². The number of nitrogens with one attached hydrogen (secondary N) is 1. The Morgan fingerprint density at radius 3 is 2.77 bits per heavy atom. The molecule has 0 spiro atoms. The third-order valence-electron chi connectivity index (χ3n) is 6.07. The van der Waals surface area contributed by atoms with Crippen molar-refractivity contribution in [3.8, 4) is 0 Å². The van der Waals surface area contributed by atoms with Gasteiger partial charge in [0.2, 0.25) is 11.8 Å². The number of fused-ring (bicyclic) bond motifs is 1. The minimum atomic E-state index is -0.396. The highest BCUT2D eigenvalue weighted by molar-refractivity contribution is 5.89. The highest BCUT2D eigenvalue weighted by Crippen LogP contribution is 2.33. The summed E-state index contributed by atoms with van der Waals surface area (Å²) < 4.78 is 0. The number of pyridine rings is 2. The maximum absolute atomic E-state index is 13.5. The minimum absolute atomic E-state index is 0.0305. The van der Waals surface area contributed by atoms with Crippen LogP contribution in [0, 0.1) is 0 Å². The second-order valence-electron chi connectivity index (χ2n) is 7.95. The van der Waals surface area contributed by atoms with Gasteiger partial charge >= 0.3 is 0 Å². The predicted octanol–water partition coefficient (Wildman–Crippen LogP) is 2.25. The van der Waals surface area contributed by atoms with E-state index in [-0.39, 0.29) is 24.3 Å². The third-order valence-corrected chi connectivity index (χ3v) is 6.07. The zero-order valence-corrected chi connectivity index (χ0v) is 16.7. The van der Waals surface area contributed by atoms with E-state index < -0.39 is 6.04 Å². The number of carbonyl (C=O) groups is 2. The van der Waals surface area contributed by atoms with Crippen molar-refractivity contribution < 1.29 is 9.59 Å². The Balaban J connectivity index is 1.34. The minimum Gasteiger partial charge on any atom is -0.339 e. The summed E-state index contributed by atoms with van der Waals surface area (Å²) in [6, 6.07) is 6.94. The summed E-state index contributed by atoms with van der Waals surface area (Å²) in [7, 11) is 0. The van der Waals surface area contributed by atoms with E-state index in [1.807, 2.05) is 29.2 Å². The third kappa shape index (κ3) is 3.42. The standard InChI is InChI=1S/C22H24N6O2/c29-20(13-15-5-1-2-9-24-15)27-11-4-7-19(27)22(30)28-12-3-6-18(28)21-25-16-8-10-23-14-17(16)26-21/h1-2,5,8-10,14,18-19H,3-4,6-7,11-13H2,(H,25,26). The number of hydrogen-bond donors (Lipinski definition) is 1.